The number of furan rings is 1. The predicted molar refractivity (Wildman–Crippen MR) is 130 cm³/mol. The summed E-state index contributed by atoms with van der Waals surface area (Å²) in [5.41, 5.74) is -0.781. The lowest BCUT2D eigenvalue weighted by atomic mass is 9.45. The number of epoxide rings is 1. The maximum Gasteiger partial charge on any atom is 0.305 e. The molecule has 200 valence electrons. The molecule has 10 atom stereocenters. The van der Waals surface area contributed by atoms with Crippen LogP contribution in [0.1, 0.15) is 65.4 Å². The number of fused-ring (bicyclic) bond motifs is 3. The summed E-state index contributed by atoms with van der Waals surface area (Å²) in [6, 6.07) is 1.96. The highest BCUT2D eigenvalue weighted by Crippen LogP contribution is 2.78. The number of hydrogen-bond donors (Lipinski definition) is 0. The minimum absolute atomic E-state index is 0.00928. The van der Waals surface area contributed by atoms with Crippen molar-refractivity contribution in [3.8, 4) is 0 Å². The van der Waals surface area contributed by atoms with E-state index < -0.39 is 46.1 Å². The molecule has 0 amide bonds. The minimum Gasteiger partial charge on any atom is -0.472 e. The van der Waals surface area contributed by atoms with Gasteiger partial charge < -0.3 is 23.4 Å². The van der Waals surface area contributed by atoms with Gasteiger partial charge in [-0.2, -0.15) is 0 Å². The Morgan fingerprint density at radius 1 is 1.19 bits per heavy atom. The first-order valence-corrected chi connectivity index (χ1v) is 13.2. The van der Waals surface area contributed by atoms with Crippen LogP contribution in [0.5, 0.6) is 0 Å². The number of methoxy groups -OCH3 is 1. The third-order valence-electron chi connectivity index (χ3n) is 11.0. The van der Waals surface area contributed by atoms with Crippen LogP contribution in [0.3, 0.4) is 0 Å². The molecule has 0 radical (unpaired) electrons. The number of Topliss-reactive ketones (excluding diaryl/α,β-unsaturated/α-hetero) is 1. The summed E-state index contributed by atoms with van der Waals surface area (Å²) in [6.07, 6.45) is 2.80. The van der Waals surface area contributed by atoms with E-state index in [1.165, 1.54) is 14.0 Å². The first-order valence-electron chi connectivity index (χ1n) is 13.2. The number of ether oxygens (including phenoxy) is 4. The molecule has 0 bridgehead atoms. The van der Waals surface area contributed by atoms with Crippen LogP contribution in [0.4, 0.5) is 0 Å². The topological polar surface area (TPSA) is 105 Å². The molecule has 1 aromatic heterocycles. The van der Waals surface area contributed by atoms with Crippen LogP contribution in [0, 0.1) is 28.1 Å². The summed E-state index contributed by atoms with van der Waals surface area (Å²) >= 11 is 0. The summed E-state index contributed by atoms with van der Waals surface area (Å²) in [7, 11) is 1.37. The van der Waals surface area contributed by atoms with E-state index in [1.54, 1.807) is 12.5 Å². The van der Waals surface area contributed by atoms with Crippen LogP contribution in [0.15, 0.2) is 35.2 Å². The Labute approximate surface area is 217 Å². The molecule has 3 heterocycles. The van der Waals surface area contributed by atoms with E-state index in [9.17, 15) is 14.4 Å². The minimum atomic E-state index is -0.772. The highest BCUT2D eigenvalue weighted by molar-refractivity contribution is 5.87. The smallest absolute Gasteiger partial charge is 0.305 e. The SMILES string of the molecule is C=C1[C@H]2[C@H](O[C@@H]3CC(=O)C(C)(C)[C@@H](CC(=O)OC)[C@@]32C)[C@@H](OC(C)=O)[C@]2(C)[C@@H](c3ccoc3)C[C@@H]3O[C@@]132. The van der Waals surface area contributed by atoms with Crippen LogP contribution < -0.4 is 0 Å². The van der Waals surface area contributed by atoms with Gasteiger partial charge in [0, 0.05) is 47.8 Å². The molecule has 5 aliphatic rings. The lowest BCUT2D eigenvalue weighted by Crippen LogP contribution is -2.64. The molecule has 2 aliphatic heterocycles. The van der Waals surface area contributed by atoms with E-state index in [-0.39, 0.29) is 48.5 Å². The average molecular weight is 513 g/mol. The fourth-order valence-electron chi connectivity index (χ4n) is 9.16. The molecule has 8 nitrogen and oxygen atoms in total. The quantitative estimate of drug-likeness (QED) is 0.339. The third kappa shape index (κ3) is 2.83. The summed E-state index contributed by atoms with van der Waals surface area (Å²) in [6.45, 7) is 14.1. The lowest BCUT2D eigenvalue weighted by molar-refractivity contribution is -0.185. The molecule has 2 saturated heterocycles. The number of ketones is 1. The van der Waals surface area contributed by atoms with Gasteiger partial charge in [-0.3, -0.25) is 14.4 Å². The molecule has 5 fully saturated rings. The molecule has 3 saturated carbocycles. The Bertz CT molecular complexity index is 1180. The van der Waals surface area contributed by atoms with Crippen molar-refractivity contribution in [3.05, 3.63) is 36.3 Å². The molecular weight excluding hydrogens is 476 g/mol. The van der Waals surface area contributed by atoms with Crippen molar-refractivity contribution in [1.29, 1.82) is 0 Å². The van der Waals surface area contributed by atoms with E-state index in [4.69, 9.17) is 23.4 Å². The number of carbonyl (C=O) groups is 3. The Morgan fingerprint density at radius 3 is 2.54 bits per heavy atom. The largest absolute Gasteiger partial charge is 0.472 e. The van der Waals surface area contributed by atoms with Crippen LogP contribution in [0.25, 0.3) is 0 Å². The average Bonchev–Trinajstić information content (AvgIpc) is 3.09. The fraction of sp³-hybridized carbons (Fsp3) is 0.690. The maximum atomic E-state index is 13.4. The molecule has 0 unspecified atom stereocenters. The summed E-state index contributed by atoms with van der Waals surface area (Å²) in [4.78, 5) is 38.6. The van der Waals surface area contributed by atoms with Crippen molar-refractivity contribution in [3.63, 3.8) is 0 Å². The van der Waals surface area contributed by atoms with E-state index in [2.05, 4.69) is 20.4 Å². The van der Waals surface area contributed by atoms with Gasteiger partial charge in [-0.1, -0.05) is 34.3 Å². The Morgan fingerprint density at radius 2 is 1.92 bits per heavy atom. The van der Waals surface area contributed by atoms with Crippen molar-refractivity contribution in [2.75, 3.05) is 7.11 Å². The zero-order chi connectivity index (χ0) is 26.7. The molecule has 0 aromatic carbocycles. The highest BCUT2D eigenvalue weighted by atomic mass is 16.6. The summed E-state index contributed by atoms with van der Waals surface area (Å²) < 4.78 is 30.0. The van der Waals surface area contributed by atoms with Gasteiger partial charge in [0.25, 0.3) is 0 Å². The van der Waals surface area contributed by atoms with Gasteiger partial charge in [0.1, 0.15) is 23.6 Å². The van der Waals surface area contributed by atoms with Gasteiger partial charge in [-0.15, -0.1) is 0 Å². The van der Waals surface area contributed by atoms with Crippen LogP contribution in [0.2, 0.25) is 0 Å². The second-order valence-corrected chi connectivity index (χ2v) is 12.6. The Hall–Kier alpha value is -2.45. The summed E-state index contributed by atoms with van der Waals surface area (Å²) in [5, 5.41) is 0. The van der Waals surface area contributed by atoms with E-state index in [0.29, 0.717) is 0 Å². The first-order chi connectivity index (χ1) is 17.3. The van der Waals surface area contributed by atoms with Crippen molar-refractivity contribution in [1.82, 2.24) is 0 Å². The van der Waals surface area contributed by atoms with Gasteiger partial charge in [0.2, 0.25) is 0 Å². The second kappa shape index (κ2) is 7.56. The van der Waals surface area contributed by atoms with Crippen LogP contribution in [-0.2, 0) is 33.3 Å². The molecule has 3 aliphatic carbocycles. The summed E-state index contributed by atoms with van der Waals surface area (Å²) in [5.74, 6) is -1.32. The number of esters is 2. The van der Waals surface area contributed by atoms with E-state index in [0.717, 1.165) is 17.6 Å². The van der Waals surface area contributed by atoms with Gasteiger partial charge in [0.15, 0.2) is 0 Å². The second-order valence-electron chi connectivity index (χ2n) is 12.6. The normalized spacial score (nSPS) is 46.9. The van der Waals surface area contributed by atoms with Crippen molar-refractivity contribution >= 4 is 17.7 Å². The molecular formula is C29H36O8. The lowest BCUT2D eigenvalue weighted by Gasteiger charge is -2.57. The fourth-order valence-corrected chi connectivity index (χ4v) is 9.16. The van der Waals surface area contributed by atoms with Gasteiger partial charge in [-0.25, -0.2) is 0 Å². The molecule has 37 heavy (non-hydrogen) atoms. The standard InChI is InChI=1S/C29H36O8/c1-14-23-24(36-20-12-19(31)26(3,4)18(27(20,23)5)11-22(32)33-7)25(35-15(2)30)28(6)17(16-8-9-34-13-16)10-21-29(14,28)37-21/h8-9,13,17-18,20-21,23-25H,1,10-12H2,2-7H3/t17-,18-,20-,21+,23+,24+,25-,27+,28+,29+/m1/s1. The zero-order valence-corrected chi connectivity index (χ0v) is 22.4. The van der Waals surface area contributed by atoms with Crippen molar-refractivity contribution < 1.29 is 37.7 Å². The number of rotatable bonds is 4. The van der Waals surface area contributed by atoms with Gasteiger partial charge >= 0.3 is 11.9 Å². The van der Waals surface area contributed by atoms with Crippen LogP contribution in [-0.4, -0.2) is 54.8 Å². The molecule has 1 spiro atoms. The molecule has 0 N–H and O–H groups in total. The Kier molecular flexibility index (Phi) is 5.08. The Balaban J connectivity index is 1.51. The molecule has 1 aromatic rings. The van der Waals surface area contributed by atoms with E-state index in [1.807, 2.05) is 19.9 Å². The highest BCUT2D eigenvalue weighted by Gasteiger charge is 2.85. The van der Waals surface area contributed by atoms with Gasteiger partial charge in [-0.05, 0) is 29.5 Å². The number of hydrogen-bond acceptors (Lipinski definition) is 8. The van der Waals surface area contributed by atoms with Crippen molar-refractivity contribution in [2.24, 2.45) is 28.1 Å². The zero-order valence-electron chi connectivity index (χ0n) is 22.4. The predicted octanol–water partition coefficient (Wildman–Crippen LogP) is 3.98. The molecule has 6 rings (SSSR count). The first kappa shape index (κ1) is 24.9. The number of carbonyl (C=O) groups excluding carboxylic acids is 3. The van der Waals surface area contributed by atoms with Crippen molar-refractivity contribution in [2.45, 2.75) is 89.8 Å². The van der Waals surface area contributed by atoms with Gasteiger partial charge in [0.05, 0.1) is 31.8 Å². The van der Waals surface area contributed by atoms with Crippen LogP contribution >= 0.6 is 0 Å². The van der Waals surface area contributed by atoms with E-state index >= 15 is 0 Å². The monoisotopic (exact) mass is 512 g/mol. The maximum absolute atomic E-state index is 13.4. The third-order valence-corrected chi connectivity index (χ3v) is 11.0. The molecule has 8 heteroatoms.